The zero-order chi connectivity index (χ0) is 13.7. The lowest BCUT2D eigenvalue weighted by atomic mass is 9.97. The predicted molar refractivity (Wildman–Crippen MR) is 69.7 cm³/mol. The first-order valence-corrected chi connectivity index (χ1v) is 6.03. The SMILES string of the molecule is CCC(C)c1ccc(C(=O)N(C)CC(=O)O)cc1. The molecule has 1 rings (SSSR count). The van der Waals surface area contributed by atoms with E-state index in [4.69, 9.17) is 5.11 Å². The van der Waals surface area contributed by atoms with Gasteiger partial charge in [0.2, 0.25) is 0 Å². The Labute approximate surface area is 107 Å². The van der Waals surface area contributed by atoms with E-state index in [1.807, 2.05) is 12.1 Å². The number of carbonyl (C=O) groups is 2. The highest BCUT2D eigenvalue weighted by atomic mass is 16.4. The van der Waals surface area contributed by atoms with Gasteiger partial charge in [-0.1, -0.05) is 26.0 Å². The molecule has 0 aromatic heterocycles. The van der Waals surface area contributed by atoms with Gasteiger partial charge in [0.25, 0.3) is 5.91 Å². The first-order chi connectivity index (χ1) is 8.45. The average molecular weight is 249 g/mol. The number of hydrogen-bond acceptors (Lipinski definition) is 2. The summed E-state index contributed by atoms with van der Waals surface area (Å²) in [5.74, 6) is -0.818. The molecule has 1 amide bonds. The number of likely N-dealkylation sites (N-methyl/N-ethyl adjacent to an activating group) is 1. The van der Waals surface area contributed by atoms with Crippen molar-refractivity contribution in [3.05, 3.63) is 35.4 Å². The van der Waals surface area contributed by atoms with Gasteiger partial charge < -0.3 is 10.0 Å². The Bertz CT molecular complexity index is 425. The lowest BCUT2D eigenvalue weighted by Crippen LogP contribution is -2.31. The van der Waals surface area contributed by atoms with Gasteiger partial charge in [-0.3, -0.25) is 9.59 Å². The minimum Gasteiger partial charge on any atom is -0.480 e. The third-order valence-electron chi connectivity index (χ3n) is 3.06. The minimum absolute atomic E-state index is 0.270. The van der Waals surface area contributed by atoms with Crippen LogP contribution in [0.25, 0.3) is 0 Å². The summed E-state index contributed by atoms with van der Waals surface area (Å²) < 4.78 is 0. The summed E-state index contributed by atoms with van der Waals surface area (Å²) in [6, 6.07) is 7.36. The van der Waals surface area contributed by atoms with Gasteiger partial charge in [0, 0.05) is 12.6 Å². The third kappa shape index (κ3) is 3.58. The molecule has 0 aliphatic heterocycles. The van der Waals surface area contributed by atoms with Crippen molar-refractivity contribution in [1.29, 1.82) is 0 Å². The van der Waals surface area contributed by atoms with E-state index in [0.717, 1.165) is 6.42 Å². The van der Waals surface area contributed by atoms with Crippen molar-refractivity contribution in [3.63, 3.8) is 0 Å². The molecule has 1 atom stereocenters. The van der Waals surface area contributed by atoms with Crippen molar-refractivity contribution in [1.82, 2.24) is 4.90 Å². The number of benzene rings is 1. The van der Waals surface area contributed by atoms with Crippen LogP contribution in [0, 0.1) is 0 Å². The predicted octanol–water partition coefficient (Wildman–Crippen LogP) is 2.36. The highest BCUT2D eigenvalue weighted by Gasteiger charge is 2.14. The summed E-state index contributed by atoms with van der Waals surface area (Å²) in [5.41, 5.74) is 1.71. The van der Waals surface area contributed by atoms with Gasteiger partial charge in [-0.25, -0.2) is 0 Å². The Balaban J connectivity index is 2.78. The molecule has 0 bridgehead atoms. The molecule has 4 nitrogen and oxygen atoms in total. The largest absolute Gasteiger partial charge is 0.480 e. The summed E-state index contributed by atoms with van der Waals surface area (Å²) in [4.78, 5) is 23.6. The van der Waals surface area contributed by atoms with E-state index in [-0.39, 0.29) is 12.5 Å². The van der Waals surface area contributed by atoms with E-state index in [1.54, 1.807) is 12.1 Å². The van der Waals surface area contributed by atoms with E-state index >= 15 is 0 Å². The number of aliphatic carboxylic acids is 1. The van der Waals surface area contributed by atoms with Crippen molar-refractivity contribution in [2.24, 2.45) is 0 Å². The number of rotatable bonds is 5. The molecule has 4 heteroatoms. The second kappa shape index (κ2) is 6.19. The molecular weight excluding hydrogens is 230 g/mol. The van der Waals surface area contributed by atoms with Crippen LogP contribution in [0.15, 0.2) is 24.3 Å². The van der Waals surface area contributed by atoms with Crippen LogP contribution in [0.5, 0.6) is 0 Å². The Hall–Kier alpha value is -1.84. The van der Waals surface area contributed by atoms with Gasteiger partial charge in [0.15, 0.2) is 0 Å². The summed E-state index contributed by atoms with van der Waals surface area (Å²) in [5, 5.41) is 8.63. The van der Waals surface area contributed by atoms with Crippen molar-refractivity contribution in [2.75, 3.05) is 13.6 Å². The fourth-order valence-corrected chi connectivity index (χ4v) is 1.69. The molecule has 0 spiro atoms. The van der Waals surface area contributed by atoms with Crippen molar-refractivity contribution in [3.8, 4) is 0 Å². The highest BCUT2D eigenvalue weighted by molar-refractivity contribution is 5.95. The van der Waals surface area contributed by atoms with Crippen LogP contribution in [0.2, 0.25) is 0 Å². The van der Waals surface area contributed by atoms with Crippen molar-refractivity contribution in [2.45, 2.75) is 26.2 Å². The van der Waals surface area contributed by atoms with Gasteiger partial charge in [-0.05, 0) is 30.0 Å². The quantitative estimate of drug-likeness (QED) is 0.871. The minimum atomic E-state index is -1.01. The van der Waals surface area contributed by atoms with Gasteiger partial charge in [-0.2, -0.15) is 0 Å². The van der Waals surface area contributed by atoms with Crippen LogP contribution >= 0.6 is 0 Å². The maximum Gasteiger partial charge on any atom is 0.323 e. The Morgan fingerprint density at radius 1 is 1.28 bits per heavy atom. The molecule has 0 fully saturated rings. The van der Waals surface area contributed by atoms with Gasteiger partial charge in [0.1, 0.15) is 6.54 Å². The average Bonchev–Trinajstić information content (AvgIpc) is 2.36. The third-order valence-corrected chi connectivity index (χ3v) is 3.06. The van der Waals surface area contributed by atoms with Crippen molar-refractivity contribution >= 4 is 11.9 Å². The van der Waals surface area contributed by atoms with Gasteiger partial charge in [0.05, 0.1) is 0 Å². The lowest BCUT2D eigenvalue weighted by Gasteiger charge is -2.15. The number of amides is 1. The smallest absolute Gasteiger partial charge is 0.323 e. The fourth-order valence-electron chi connectivity index (χ4n) is 1.69. The molecule has 1 aromatic rings. The fraction of sp³-hybridized carbons (Fsp3) is 0.429. The topological polar surface area (TPSA) is 57.6 Å². The number of carboxylic acids is 1. The van der Waals surface area contributed by atoms with Crippen LogP contribution < -0.4 is 0 Å². The van der Waals surface area contributed by atoms with Crippen LogP contribution in [0.1, 0.15) is 42.1 Å². The summed E-state index contributed by atoms with van der Waals surface area (Å²) in [6.45, 7) is 3.96. The summed E-state index contributed by atoms with van der Waals surface area (Å²) >= 11 is 0. The van der Waals surface area contributed by atoms with E-state index in [0.29, 0.717) is 11.5 Å². The molecule has 18 heavy (non-hydrogen) atoms. The Kier molecular flexibility index (Phi) is 4.89. The maximum absolute atomic E-state index is 11.9. The maximum atomic E-state index is 11.9. The van der Waals surface area contributed by atoms with Crippen LogP contribution in [-0.2, 0) is 4.79 Å². The molecule has 1 unspecified atom stereocenters. The molecule has 0 saturated heterocycles. The normalized spacial score (nSPS) is 11.9. The first-order valence-electron chi connectivity index (χ1n) is 6.03. The second-order valence-electron chi connectivity index (χ2n) is 4.49. The number of carbonyl (C=O) groups excluding carboxylic acids is 1. The second-order valence-corrected chi connectivity index (χ2v) is 4.49. The molecule has 1 aromatic carbocycles. The van der Waals surface area contributed by atoms with Crippen LogP contribution in [-0.4, -0.2) is 35.5 Å². The van der Waals surface area contributed by atoms with E-state index < -0.39 is 5.97 Å². The highest BCUT2D eigenvalue weighted by Crippen LogP contribution is 2.19. The molecule has 98 valence electrons. The molecule has 0 heterocycles. The summed E-state index contributed by atoms with van der Waals surface area (Å²) in [6.07, 6.45) is 1.05. The van der Waals surface area contributed by atoms with E-state index in [9.17, 15) is 9.59 Å². The molecule has 0 radical (unpaired) electrons. The number of nitrogens with zero attached hydrogens (tertiary/aromatic N) is 1. The molecule has 0 aliphatic rings. The van der Waals surface area contributed by atoms with E-state index in [1.165, 1.54) is 17.5 Å². The van der Waals surface area contributed by atoms with E-state index in [2.05, 4.69) is 13.8 Å². The van der Waals surface area contributed by atoms with Crippen LogP contribution in [0.4, 0.5) is 0 Å². The Morgan fingerprint density at radius 2 is 1.83 bits per heavy atom. The molecule has 1 N–H and O–H groups in total. The zero-order valence-electron chi connectivity index (χ0n) is 11.0. The molecular formula is C14H19NO3. The standard InChI is InChI=1S/C14H19NO3/c1-4-10(2)11-5-7-12(8-6-11)14(18)15(3)9-13(16)17/h5-8,10H,4,9H2,1-3H3,(H,16,17). The number of hydrogen-bond donors (Lipinski definition) is 1. The van der Waals surface area contributed by atoms with Gasteiger partial charge >= 0.3 is 5.97 Å². The monoisotopic (exact) mass is 249 g/mol. The number of carboxylic acid groups (broad SMARTS) is 1. The Morgan fingerprint density at radius 3 is 2.28 bits per heavy atom. The molecule has 0 saturated carbocycles. The molecule has 0 aliphatic carbocycles. The summed E-state index contributed by atoms with van der Waals surface area (Å²) in [7, 11) is 1.49. The van der Waals surface area contributed by atoms with Gasteiger partial charge in [-0.15, -0.1) is 0 Å². The zero-order valence-corrected chi connectivity index (χ0v) is 11.0. The first kappa shape index (κ1) is 14.2. The van der Waals surface area contributed by atoms with Crippen LogP contribution in [0.3, 0.4) is 0 Å². The lowest BCUT2D eigenvalue weighted by molar-refractivity contribution is -0.137. The van der Waals surface area contributed by atoms with Crippen molar-refractivity contribution < 1.29 is 14.7 Å².